The smallest absolute Gasteiger partial charge is 0.254 e. The molecule has 9 nitrogen and oxygen atoms in total. The Labute approximate surface area is 194 Å². The first-order valence-electron chi connectivity index (χ1n) is 11.6. The van der Waals surface area contributed by atoms with E-state index in [-0.39, 0.29) is 28.0 Å². The molecule has 2 fully saturated rings. The second-order valence-corrected chi connectivity index (χ2v) is 10.5. The number of benzene rings is 1. The van der Waals surface area contributed by atoms with Crippen molar-refractivity contribution in [3.05, 3.63) is 40.2 Å². The van der Waals surface area contributed by atoms with Crippen molar-refractivity contribution in [3.63, 3.8) is 0 Å². The van der Waals surface area contributed by atoms with Gasteiger partial charge in [-0.2, -0.15) is 4.31 Å². The van der Waals surface area contributed by atoms with E-state index in [1.54, 1.807) is 24.8 Å². The molecule has 1 aromatic heterocycles. The maximum atomic E-state index is 13.4. The van der Waals surface area contributed by atoms with Gasteiger partial charge in [0.15, 0.2) is 0 Å². The summed E-state index contributed by atoms with van der Waals surface area (Å²) >= 11 is 0. The van der Waals surface area contributed by atoms with Gasteiger partial charge in [-0.05, 0) is 31.0 Å². The first-order chi connectivity index (χ1) is 15.8. The summed E-state index contributed by atoms with van der Waals surface area (Å²) in [4.78, 5) is 32.5. The van der Waals surface area contributed by atoms with Gasteiger partial charge in [0, 0.05) is 69.4 Å². The fraction of sp³-hybridized carbons (Fsp3) is 0.565. The molecule has 1 atom stereocenters. The zero-order chi connectivity index (χ0) is 23.6. The molecule has 0 spiro atoms. The van der Waals surface area contributed by atoms with Crippen LogP contribution in [0, 0.1) is 0 Å². The van der Waals surface area contributed by atoms with Gasteiger partial charge >= 0.3 is 0 Å². The quantitative estimate of drug-likeness (QED) is 0.650. The van der Waals surface area contributed by atoms with E-state index < -0.39 is 10.0 Å². The Kier molecular flexibility index (Phi) is 7.18. The summed E-state index contributed by atoms with van der Waals surface area (Å²) in [5.41, 5.74) is 0.293. The number of aromatic nitrogens is 1. The van der Waals surface area contributed by atoms with Gasteiger partial charge in [-0.15, -0.1) is 0 Å². The lowest BCUT2D eigenvalue weighted by atomic mass is 10.1. The highest BCUT2D eigenvalue weighted by atomic mass is 32.2. The van der Waals surface area contributed by atoms with E-state index in [4.69, 9.17) is 4.74 Å². The molecule has 2 aromatic rings. The monoisotopic (exact) mass is 476 g/mol. The number of ether oxygens (including phenoxy) is 1. The number of nitrogens with zero attached hydrogens (tertiary/aromatic N) is 3. The van der Waals surface area contributed by atoms with Crippen molar-refractivity contribution in [3.8, 4) is 0 Å². The molecule has 2 aliphatic rings. The highest BCUT2D eigenvalue weighted by Crippen LogP contribution is 2.24. The lowest BCUT2D eigenvalue weighted by molar-refractivity contribution is 0.0433. The number of H-pyrrole nitrogens is 1. The third-order valence-electron chi connectivity index (χ3n) is 6.53. The van der Waals surface area contributed by atoms with Gasteiger partial charge in [0.2, 0.25) is 15.6 Å². The molecule has 1 aromatic carbocycles. The normalized spacial score (nSPS) is 20.1. The Morgan fingerprint density at radius 1 is 1.15 bits per heavy atom. The molecule has 0 bridgehead atoms. The number of pyridine rings is 1. The van der Waals surface area contributed by atoms with E-state index in [1.807, 2.05) is 0 Å². The largest absolute Gasteiger partial charge is 0.377 e. The summed E-state index contributed by atoms with van der Waals surface area (Å²) in [5.74, 6) is -0.250. The molecule has 0 radical (unpaired) electrons. The summed E-state index contributed by atoms with van der Waals surface area (Å²) in [7, 11) is -3.69. The minimum absolute atomic E-state index is 0.112. The molecular weight excluding hydrogens is 444 g/mol. The van der Waals surface area contributed by atoms with Crippen LogP contribution in [0.5, 0.6) is 0 Å². The van der Waals surface area contributed by atoms with Gasteiger partial charge in [0.25, 0.3) is 5.91 Å². The fourth-order valence-corrected chi connectivity index (χ4v) is 6.15. The van der Waals surface area contributed by atoms with Gasteiger partial charge in [-0.25, -0.2) is 8.42 Å². The van der Waals surface area contributed by atoms with Crippen LogP contribution in [-0.2, 0) is 14.8 Å². The van der Waals surface area contributed by atoms with Crippen molar-refractivity contribution in [2.75, 3.05) is 52.4 Å². The predicted octanol–water partition coefficient (Wildman–Crippen LogP) is 1.50. The number of fused-ring (bicyclic) bond motifs is 1. The average Bonchev–Trinajstić information content (AvgIpc) is 3.32. The third kappa shape index (κ3) is 4.98. The van der Waals surface area contributed by atoms with Crippen molar-refractivity contribution >= 4 is 26.8 Å². The molecule has 4 rings (SSSR count). The number of piperazine rings is 1. The second-order valence-electron chi connectivity index (χ2n) is 8.57. The maximum absolute atomic E-state index is 13.4. The van der Waals surface area contributed by atoms with Crippen molar-refractivity contribution < 1.29 is 17.9 Å². The summed E-state index contributed by atoms with van der Waals surface area (Å²) in [6, 6.07) is 5.81. The molecule has 1 unspecified atom stereocenters. The maximum Gasteiger partial charge on any atom is 0.254 e. The Morgan fingerprint density at radius 2 is 1.88 bits per heavy atom. The zero-order valence-electron chi connectivity index (χ0n) is 19.2. The number of rotatable bonds is 7. The lowest BCUT2D eigenvalue weighted by Crippen LogP contribution is -2.50. The number of aromatic amines is 1. The first kappa shape index (κ1) is 23.9. The predicted molar refractivity (Wildman–Crippen MR) is 126 cm³/mol. The van der Waals surface area contributed by atoms with Crippen LogP contribution in [-0.4, -0.2) is 91.9 Å². The number of hydrogen-bond acceptors (Lipinski definition) is 6. The molecule has 2 saturated heterocycles. The average molecular weight is 477 g/mol. The number of amides is 1. The number of sulfonamides is 1. The highest BCUT2D eigenvalue weighted by molar-refractivity contribution is 7.89. The van der Waals surface area contributed by atoms with Gasteiger partial charge in [-0.1, -0.05) is 13.8 Å². The molecule has 3 heterocycles. The molecule has 1 N–H and O–H groups in total. The number of carbonyl (C=O) groups excluding carboxylic acids is 1. The van der Waals surface area contributed by atoms with E-state index in [9.17, 15) is 18.0 Å². The van der Waals surface area contributed by atoms with Crippen molar-refractivity contribution in [1.29, 1.82) is 0 Å². The number of hydrogen-bond donors (Lipinski definition) is 1. The van der Waals surface area contributed by atoms with Crippen LogP contribution in [0.2, 0.25) is 0 Å². The van der Waals surface area contributed by atoms with Crippen LogP contribution in [0.1, 0.15) is 37.0 Å². The molecule has 0 aliphatic carbocycles. The zero-order valence-corrected chi connectivity index (χ0v) is 20.1. The molecule has 33 heavy (non-hydrogen) atoms. The summed E-state index contributed by atoms with van der Waals surface area (Å²) in [6.07, 6.45) is 2.46. The Balaban J connectivity index is 1.59. The Morgan fingerprint density at radius 3 is 2.52 bits per heavy atom. The van der Waals surface area contributed by atoms with Crippen LogP contribution < -0.4 is 5.56 Å². The molecule has 0 saturated carbocycles. The van der Waals surface area contributed by atoms with Gasteiger partial charge < -0.3 is 14.6 Å². The van der Waals surface area contributed by atoms with Gasteiger partial charge in [-0.3, -0.25) is 14.5 Å². The molecule has 180 valence electrons. The Bertz CT molecular complexity index is 1160. The minimum atomic E-state index is -3.69. The summed E-state index contributed by atoms with van der Waals surface area (Å²) in [5, 5.41) is 0.439. The molecule has 1 amide bonds. The van der Waals surface area contributed by atoms with E-state index in [1.165, 1.54) is 22.5 Å². The fourth-order valence-electron chi connectivity index (χ4n) is 4.66. The third-order valence-corrected chi connectivity index (χ3v) is 8.58. The van der Waals surface area contributed by atoms with E-state index in [0.29, 0.717) is 37.1 Å². The second kappa shape index (κ2) is 9.92. The van der Waals surface area contributed by atoms with Crippen LogP contribution in [0.15, 0.2) is 34.0 Å². The number of carbonyl (C=O) groups is 1. The topological polar surface area (TPSA) is 103 Å². The van der Waals surface area contributed by atoms with Crippen molar-refractivity contribution in [1.82, 2.24) is 19.1 Å². The highest BCUT2D eigenvalue weighted by Gasteiger charge is 2.28. The standard InChI is InChI=1S/C23H32N4O5S/c1-3-27(4-2)33(30,31)18-7-8-21-19(14-18)20(15-22(28)24-21)23(29)26-11-9-25(10-12-26)16-17-6-5-13-32-17/h7-8,14-15,17H,3-6,9-13,16H2,1-2H3,(H,24,28). The van der Waals surface area contributed by atoms with Crippen molar-refractivity contribution in [2.24, 2.45) is 0 Å². The Hall–Kier alpha value is -2.27. The van der Waals surface area contributed by atoms with E-state index in [0.717, 1.165) is 39.1 Å². The van der Waals surface area contributed by atoms with Crippen LogP contribution in [0.3, 0.4) is 0 Å². The summed E-state index contributed by atoms with van der Waals surface area (Å²) in [6.45, 7) is 8.57. The molecular formula is C23H32N4O5S. The van der Waals surface area contributed by atoms with Gasteiger partial charge in [0.1, 0.15) is 0 Å². The van der Waals surface area contributed by atoms with E-state index in [2.05, 4.69) is 9.88 Å². The molecule has 2 aliphatic heterocycles. The van der Waals surface area contributed by atoms with E-state index >= 15 is 0 Å². The number of nitrogens with one attached hydrogen (secondary N) is 1. The SMILES string of the molecule is CCN(CC)S(=O)(=O)c1ccc2[nH]c(=O)cc(C(=O)N3CCN(CC4CCCO4)CC3)c2c1. The lowest BCUT2D eigenvalue weighted by Gasteiger charge is -2.35. The van der Waals surface area contributed by atoms with Crippen LogP contribution >= 0.6 is 0 Å². The van der Waals surface area contributed by atoms with Crippen molar-refractivity contribution in [2.45, 2.75) is 37.7 Å². The van der Waals surface area contributed by atoms with Crippen LogP contribution in [0.25, 0.3) is 10.9 Å². The van der Waals surface area contributed by atoms with Gasteiger partial charge in [0.05, 0.1) is 16.6 Å². The first-order valence-corrected chi connectivity index (χ1v) is 13.1. The van der Waals surface area contributed by atoms with Crippen LogP contribution in [0.4, 0.5) is 0 Å². The molecule has 10 heteroatoms. The minimum Gasteiger partial charge on any atom is -0.377 e. The summed E-state index contributed by atoms with van der Waals surface area (Å²) < 4.78 is 33.1.